The molecule has 1 fully saturated rings. The molecule has 1 aliphatic heterocycles. The Hall–Kier alpha value is -0.870. The highest BCUT2D eigenvalue weighted by Crippen LogP contribution is 2.21. The first-order chi connectivity index (χ1) is 8.24. The van der Waals surface area contributed by atoms with E-state index in [1.807, 2.05) is 12.5 Å². The van der Waals surface area contributed by atoms with Crippen molar-refractivity contribution in [2.75, 3.05) is 13.1 Å². The Balaban J connectivity index is 1.95. The van der Waals surface area contributed by atoms with Gasteiger partial charge in [-0.3, -0.25) is 4.90 Å². The summed E-state index contributed by atoms with van der Waals surface area (Å²) in [6, 6.07) is 0. The van der Waals surface area contributed by atoms with Gasteiger partial charge in [0.2, 0.25) is 0 Å². The van der Waals surface area contributed by atoms with E-state index in [1.54, 1.807) is 0 Å². The molecule has 1 saturated heterocycles. The van der Waals surface area contributed by atoms with Gasteiger partial charge < -0.3 is 9.67 Å². The smallest absolute Gasteiger partial charge is 0.0948 e. The summed E-state index contributed by atoms with van der Waals surface area (Å²) >= 11 is 0. The Kier molecular flexibility index (Phi) is 4.18. The van der Waals surface area contributed by atoms with Crippen LogP contribution in [0, 0.1) is 5.92 Å². The van der Waals surface area contributed by atoms with Crippen LogP contribution in [0.5, 0.6) is 0 Å². The number of hydrogen-bond donors (Lipinski definition) is 1. The van der Waals surface area contributed by atoms with Crippen molar-refractivity contribution in [3.05, 3.63) is 18.2 Å². The average molecular weight is 237 g/mol. The highest BCUT2D eigenvalue weighted by Gasteiger charge is 2.26. The minimum absolute atomic E-state index is 0.104. The predicted octanol–water partition coefficient (Wildman–Crippen LogP) is 1.50. The van der Waals surface area contributed by atoms with E-state index in [4.69, 9.17) is 0 Å². The number of aromatic nitrogens is 2. The number of likely N-dealkylation sites (tertiary alicyclic amines) is 1. The van der Waals surface area contributed by atoms with Crippen molar-refractivity contribution in [3.63, 3.8) is 0 Å². The molecule has 0 spiro atoms. The molecule has 0 amide bonds. The Morgan fingerprint density at radius 3 is 3.00 bits per heavy atom. The second-order valence-corrected chi connectivity index (χ2v) is 4.93. The molecule has 0 aromatic carbocycles. The van der Waals surface area contributed by atoms with Crippen molar-refractivity contribution in [1.29, 1.82) is 0 Å². The molecule has 2 heterocycles. The van der Waals surface area contributed by atoms with Crippen LogP contribution in [0.1, 0.15) is 32.4 Å². The summed E-state index contributed by atoms with van der Waals surface area (Å²) in [5, 5.41) is 9.87. The van der Waals surface area contributed by atoms with Crippen LogP contribution in [0.4, 0.5) is 0 Å². The summed E-state index contributed by atoms with van der Waals surface area (Å²) in [5.41, 5.74) is 1.28. The number of nitrogens with zero attached hydrogens (tertiary/aromatic N) is 3. The van der Waals surface area contributed by atoms with Crippen LogP contribution in [-0.2, 0) is 13.1 Å². The van der Waals surface area contributed by atoms with Crippen molar-refractivity contribution in [1.82, 2.24) is 14.5 Å². The SMILES string of the molecule is CCC1CN(Cc2cncn2CC)CCC1O. The lowest BCUT2D eigenvalue weighted by Gasteiger charge is -2.35. The molecule has 4 heteroatoms. The fourth-order valence-electron chi connectivity index (χ4n) is 2.63. The van der Waals surface area contributed by atoms with Gasteiger partial charge in [-0.2, -0.15) is 0 Å². The lowest BCUT2D eigenvalue weighted by atomic mass is 9.92. The molecule has 4 nitrogen and oxygen atoms in total. The van der Waals surface area contributed by atoms with Crippen LogP contribution >= 0.6 is 0 Å². The van der Waals surface area contributed by atoms with E-state index in [0.717, 1.165) is 39.0 Å². The number of rotatable bonds is 4. The summed E-state index contributed by atoms with van der Waals surface area (Å²) in [6.45, 7) is 8.23. The summed E-state index contributed by atoms with van der Waals surface area (Å²) in [4.78, 5) is 6.63. The second kappa shape index (κ2) is 5.65. The quantitative estimate of drug-likeness (QED) is 0.862. The zero-order chi connectivity index (χ0) is 12.3. The molecule has 0 radical (unpaired) electrons. The first-order valence-electron chi connectivity index (χ1n) is 6.64. The van der Waals surface area contributed by atoms with Crippen molar-refractivity contribution >= 4 is 0 Å². The van der Waals surface area contributed by atoms with Crippen LogP contribution in [0.15, 0.2) is 12.5 Å². The molecule has 2 atom stereocenters. The molecule has 1 N–H and O–H groups in total. The number of piperidine rings is 1. The molecule has 1 aromatic rings. The van der Waals surface area contributed by atoms with E-state index in [0.29, 0.717) is 5.92 Å². The van der Waals surface area contributed by atoms with Gasteiger partial charge in [-0.05, 0) is 25.7 Å². The summed E-state index contributed by atoms with van der Waals surface area (Å²) in [7, 11) is 0. The molecule has 0 bridgehead atoms. The second-order valence-electron chi connectivity index (χ2n) is 4.93. The maximum Gasteiger partial charge on any atom is 0.0948 e. The van der Waals surface area contributed by atoms with Crippen molar-refractivity contribution in [3.8, 4) is 0 Å². The Bertz CT molecular complexity index is 350. The number of hydrogen-bond acceptors (Lipinski definition) is 3. The average Bonchev–Trinajstić information content (AvgIpc) is 2.79. The number of aliphatic hydroxyl groups is 1. The predicted molar refractivity (Wildman–Crippen MR) is 67.6 cm³/mol. The van der Waals surface area contributed by atoms with E-state index in [1.165, 1.54) is 5.69 Å². The molecular weight excluding hydrogens is 214 g/mol. The summed E-state index contributed by atoms with van der Waals surface area (Å²) < 4.78 is 2.19. The normalized spacial score (nSPS) is 26.3. The van der Waals surface area contributed by atoms with Crippen LogP contribution in [0.3, 0.4) is 0 Å². The van der Waals surface area contributed by atoms with Gasteiger partial charge in [-0.1, -0.05) is 6.92 Å². The Morgan fingerprint density at radius 1 is 1.47 bits per heavy atom. The monoisotopic (exact) mass is 237 g/mol. The lowest BCUT2D eigenvalue weighted by Crippen LogP contribution is -2.42. The van der Waals surface area contributed by atoms with Crippen LogP contribution in [0.2, 0.25) is 0 Å². The van der Waals surface area contributed by atoms with E-state index in [9.17, 15) is 5.11 Å². The molecule has 2 rings (SSSR count). The third kappa shape index (κ3) is 2.87. The summed E-state index contributed by atoms with van der Waals surface area (Å²) in [6.07, 6.45) is 5.71. The highest BCUT2D eigenvalue weighted by atomic mass is 16.3. The molecule has 0 aliphatic carbocycles. The Morgan fingerprint density at radius 2 is 2.29 bits per heavy atom. The van der Waals surface area contributed by atoms with E-state index in [-0.39, 0.29) is 6.10 Å². The molecule has 96 valence electrons. The zero-order valence-corrected chi connectivity index (χ0v) is 10.8. The van der Waals surface area contributed by atoms with Gasteiger partial charge >= 0.3 is 0 Å². The minimum Gasteiger partial charge on any atom is -0.393 e. The number of aliphatic hydroxyl groups excluding tert-OH is 1. The van der Waals surface area contributed by atoms with Gasteiger partial charge in [0.25, 0.3) is 0 Å². The molecule has 0 saturated carbocycles. The van der Waals surface area contributed by atoms with Crippen LogP contribution in [0.25, 0.3) is 0 Å². The molecule has 2 unspecified atom stereocenters. The fourth-order valence-corrected chi connectivity index (χ4v) is 2.63. The molecule has 17 heavy (non-hydrogen) atoms. The van der Waals surface area contributed by atoms with Crippen LogP contribution < -0.4 is 0 Å². The molecule has 1 aromatic heterocycles. The highest BCUT2D eigenvalue weighted by molar-refractivity contribution is 4.99. The van der Waals surface area contributed by atoms with E-state index >= 15 is 0 Å². The maximum absolute atomic E-state index is 9.87. The fraction of sp³-hybridized carbons (Fsp3) is 0.769. The van der Waals surface area contributed by atoms with E-state index < -0.39 is 0 Å². The van der Waals surface area contributed by atoms with Crippen molar-refractivity contribution < 1.29 is 5.11 Å². The van der Waals surface area contributed by atoms with Gasteiger partial charge in [0.1, 0.15) is 0 Å². The third-order valence-corrected chi connectivity index (χ3v) is 3.83. The largest absolute Gasteiger partial charge is 0.393 e. The third-order valence-electron chi connectivity index (χ3n) is 3.83. The molecular formula is C13H23N3O. The number of imidazole rings is 1. The lowest BCUT2D eigenvalue weighted by molar-refractivity contribution is 0.0214. The topological polar surface area (TPSA) is 41.3 Å². The van der Waals surface area contributed by atoms with E-state index in [2.05, 4.69) is 28.3 Å². The maximum atomic E-state index is 9.87. The van der Waals surface area contributed by atoms with Gasteiger partial charge in [0, 0.05) is 32.4 Å². The Labute approximate surface area is 103 Å². The summed E-state index contributed by atoms with van der Waals surface area (Å²) in [5.74, 6) is 0.432. The van der Waals surface area contributed by atoms with Crippen molar-refractivity contribution in [2.24, 2.45) is 5.92 Å². The first-order valence-corrected chi connectivity index (χ1v) is 6.64. The zero-order valence-electron chi connectivity index (χ0n) is 10.8. The van der Waals surface area contributed by atoms with Gasteiger partial charge in [0.15, 0.2) is 0 Å². The standard InChI is InChI=1S/C13H23N3O/c1-3-11-8-15(6-5-13(11)17)9-12-7-14-10-16(12)4-2/h7,10-11,13,17H,3-6,8-9H2,1-2H3. The molecule has 1 aliphatic rings. The van der Waals surface area contributed by atoms with Gasteiger partial charge in [-0.15, -0.1) is 0 Å². The minimum atomic E-state index is -0.104. The van der Waals surface area contributed by atoms with Crippen molar-refractivity contribution in [2.45, 2.75) is 45.9 Å². The number of aryl methyl sites for hydroxylation is 1. The van der Waals surface area contributed by atoms with Crippen LogP contribution in [-0.4, -0.2) is 38.8 Å². The van der Waals surface area contributed by atoms with Gasteiger partial charge in [0.05, 0.1) is 18.1 Å². The van der Waals surface area contributed by atoms with Gasteiger partial charge in [-0.25, -0.2) is 4.98 Å². The first kappa shape index (κ1) is 12.6.